The Kier molecular flexibility index (Phi) is 5.95. The molecule has 35 heavy (non-hydrogen) atoms. The third-order valence-electron chi connectivity index (χ3n) is 6.55. The second kappa shape index (κ2) is 9.22. The quantitative estimate of drug-likeness (QED) is 0.336. The first-order chi connectivity index (χ1) is 17.0. The van der Waals surface area contributed by atoms with Gasteiger partial charge >= 0.3 is 5.97 Å². The minimum Gasteiger partial charge on any atom is -0.464 e. The molecule has 5 aromatic rings. The molecule has 5 rings (SSSR count). The van der Waals surface area contributed by atoms with Gasteiger partial charge in [0.15, 0.2) is 6.04 Å². The van der Waals surface area contributed by atoms with Crippen molar-refractivity contribution in [3.8, 4) is 0 Å². The van der Waals surface area contributed by atoms with E-state index < -0.39 is 12.0 Å². The van der Waals surface area contributed by atoms with Gasteiger partial charge in [-0.1, -0.05) is 67.6 Å². The van der Waals surface area contributed by atoms with Gasteiger partial charge in [-0.05, 0) is 42.7 Å². The standard InChI is InChI=1S/C29H27N3O3/c1-4-35-29(34)27(20-12-6-5-7-13-20)32-28(33)22-15-9-8-14-21(22)26(31-32)19(3)23-17-30-24-16-10-11-18(2)25(23)24/h5-17,19,27,30H,4H2,1-3H3. The molecule has 0 saturated carbocycles. The van der Waals surface area contributed by atoms with E-state index in [1.807, 2.05) is 60.8 Å². The molecular weight excluding hydrogens is 438 g/mol. The number of benzene rings is 3. The summed E-state index contributed by atoms with van der Waals surface area (Å²) >= 11 is 0. The zero-order valence-corrected chi connectivity index (χ0v) is 20.0. The Hall–Kier alpha value is -4.19. The van der Waals surface area contributed by atoms with E-state index in [9.17, 15) is 9.59 Å². The van der Waals surface area contributed by atoms with Crippen molar-refractivity contribution in [1.82, 2.24) is 14.8 Å². The topological polar surface area (TPSA) is 77.0 Å². The fourth-order valence-corrected chi connectivity index (χ4v) is 4.85. The van der Waals surface area contributed by atoms with Crippen molar-refractivity contribution in [3.05, 3.63) is 112 Å². The SMILES string of the molecule is CCOC(=O)C(c1ccccc1)n1nc(C(C)c2c[nH]c3cccc(C)c23)c2ccccc2c1=O. The number of H-pyrrole nitrogens is 1. The number of carbonyl (C=O) groups excluding carboxylic acids is 1. The van der Waals surface area contributed by atoms with Crippen LogP contribution in [-0.4, -0.2) is 27.3 Å². The number of esters is 1. The number of aromatic amines is 1. The monoisotopic (exact) mass is 465 g/mol. The lowest BCUT2D eigenvalue weighted by Gasteiger charge is -2.21. The van der Waals surface area contributed by atoms with Crippen molar-refractivity contribution >= 4 is 27.6 Å². The Bertz CT molecular complexity index is 1580. The van der Waals surface area contributed by atoms with Crippen LogP contribution in [-0.2, 0) is 9.53 Å². The van der Waals surface area contributed by atoms with E-state index in [0.29, 0.717) is 10.9 Å². The lowest BCUT2D eigenvalue weighted by Crippen LogP contribution is -2.35. The third kappa shape index (κ3) is 3.91. The first-order valence-electron chi connectivity index (χ1n) is 11.8. The highest BCUT2D eigenvalue weighted by Gasteiger charge is 2.29. The summed E-state index contributed by atoms with van der Waals surface area (Å²) in [5, 5.41) is 7.31. The lowest BCUT2D eigenvalue weighted by atomic mass is 9.92. The Morgan fingerprint density at radius 2 is 1.71 bits per heavy atom. The summed E-state index contributed by atoms with van der Waals surface area (Å²) in [5.74, 6) is -0.648. The highest BCUT2D eigenvalue weighted by molar-refractivity contribution is 5.89. The van der Waals surface area contributed by atoms with Crippen LogP contribution in [0, 0.1) is 6.92 Å². The van der Waals surface area contributed by atoms with Gasteiger partial charge in [-0.15, -0.1) is 0 Å². The number of aryl methyl sites for hydroxylation is 1. The van der Waals surface area contributed by atoms with Crippen molar-refractivity contribution in [1.29, 1.82) is 0 Å². The summed E-state index contributed by atoms with van der Waals surface area (Å²) in [5.41, 5.74) is 4.36. The lowest BCUT2D eigenvalue weighted by molar-refractivity contribution is -0.146. The normalized spacial score (nSPS) is 13.1. The zero-order chi connectivity index (χ0) is 24.5. The third-order valence-corrected chi connectivity index (χ3v) is 6.55. The number of nitrogens with zero attached hydrogens (tertiary/aromatic N) is 2. The molecule has 2 atom stereocenters. The van der Waals surface area contributed by atoms with E-state index in [0.717, 1.165) is 33.1 Å². The van der Waals surface area contributed by atoms with Gasteiger partial charge in [-0.3, -0.25) is 4.79 Å². The predicted octanol–water partition coefficient (Wildman–Crippen LogP) is 5.49. The average molecular weight is 466 g/mol. The van der Waals surface area contributed by atoms with Crippen molar-refractivity contribution in [2.75, 3.05) is 6.61 Å². The Morgan fingerprint density at radius 1 is 1.00 bits per heavy atom. The number of nitrogens with one attached hydrogen (secondary N) is 1. The number of hydrogen-bond donors (Lipinski definition) is 1. The van der Waals surface area contributed by atoms with E-state index in [1.165, 1.54) is 4.68 Å². The number of rotatable bonds is 6. The van der Waals surface area contributed by atoms with Crippen molar-refractivity contribution in [2.24, 2.45) is 0 Å². The maximum atomic E-state index is 13.7. The van der Waals surface area contributed by atoms with Crippen LogP contribution in [0.2, 0.25) is 0 Å². The summed E-state index contributed by atoms with van der Waals surface area (Å²) in [6, 6.07) is 21.8. The Balaban J connectivity index is 1.77. The molecular formula is C29H27N3O3. The molecule has 176 valence electrons. The smallest absolute Gasteiger partial charge is 0.335 e. The first kappa shape index (κ1) is 22.6. The number of aromatic nitrogens is 3. The molecule has 6 nitrogen and oxygen atoms in total. The van der Waals surface area contributed by atoms with Crippen LogP contribution in [0.1, 0.15) is 48.2 Å². The van der Waals surface area contributed by atoms with Crippen LogP contribution in [0.25, 0.3) is 21.7 Å². The van der Waals surface area contributed by atoms with E-state index >= 15 is 0 Å². The fourth-order valence-electron chi connectivity index (χ4n) is 4.85. The molecule has 2 aromatic heterocycles. The number of hydrogen-bond acceptors (Lipinski definition) is 4. The van der Waals surface area contributed by atoms with Crippen LogP contribution < -0.4 is 5.56 Å². The summed E-state index contributed by atoms with van der Waals surface area (Å²) in [7, 11) is 0. The van der Waals surface area contributed by atoms with Gasteiger partial charge in [-0.2, -0.15) is 5.10 Å². The van der Waals surface area contributed by atoms with Crippen LogP contribution in [0.3, 0.4) is 0 Å². The van der Waals surface area contributed by atoms with Crippen LogP contribution >= 0.6 is 0 Å². The van der Waals surface area contributed by atoms with E-state index in [2.05, 4.69) is 31.0 Å². The molecule has 2 unspecified atom stereocenters. The van der Waals surface area contributed by atoms with Gasteiger partial charge in [0.25, 0.3) is 5.56 Å². The maximum Gasteiger partial charge on any atom is 0.335 e. The van der Waals surface area contributed by atoms with Gasteiger partial charge in [0.05, 0.1) is 17.7 Å². The minimum atomic E-state index is -0.982. The molecule has 0 radical (unpaired) electrons. The van der Waals surface area contributed by atoms with Crippen LogP contribution in [0.4, 0.5) is 0 Å². The molecule has 0 amide bonds. The largest absolute Gasteiger partial charge is 0.464 e. The Labute approximate surface area is 203 Å². The molecule has 1 N–H and O–H groups in total. The number of carbonyl (C=O) groups is 1. The highest BCUT2D eigenvalue weighted by Crippen LogP contribution is 2.34. The van der Waals surface area contributed by atoms with E-state index in [1.54, 1.807) is 13.0 Å². The zero-order valence-electron chi connectivity index (χ0n) is 20.0. The predicted molar refractivity (Wildman–Crippen MR) is 138 cm³/mol. The van der Waals surface area contributed by atoms with Gasteiger partial charge in [0.1, 0.15) is 0 Å². The molecule has 0 aliphatic rings. The second-order valence-electron chi connectivity index (χ2n) is 8.71. The van der Waals surface area contributed by atoms with Gasteiger partial charge in [-0.25, -0.2) is 9.48 Å². The van der Waals surface area contributed by atoms with Crippen molar-refractivity contribution in [2.45, 2.75) is 32.7 Å². The van der Waals surface area contributed by atoms with Crippen LogP contribution in [0.15, 0.2) is 83.8 Å². The summed E-state index contributed by atoms with van der Waals surface area (Å²) in [6.07, 6.45) is 2.01. The van der Waals surface area contributed by atoms with Gasteiger partial charge < -0.3 is 9.72 Å². The average Bonchev–Trinajstić information content (AvgIpc) is 3.32. The van der Waals surface area contributed by atoms with E-state index in [-0.39, 0.29) is 18.1 Å². The molecule has 0 aliphatic heterocycles. The van der Waals surface area contributed by atoms with Crippen LogP contribution in [0.5, 0.6) is 0 Å². The summed E-state index contributed by atoms with van der Waals surface area (Å²) < 4.78 is 6.68. The molecule has 0 saturated heterocycles. The van der Waals surface area contributed by atoms with Gasteiger partial charge in [0, 0.05) is 28.4 Å². The second-order valence-corrected chi connectivity index (χ2v) is 8.71. The van der Waals surface area contributed by atoms with E-state index in [4.69, 9.17) is 9.84 Å². The summed E-state index contributed by atoms with van der Waals surface area (Å²) in [4.78, 5) is 30.2. The van der Waals surface area contributed by atoms with Crippen molar-refractivity contribution < 1.29 is 9.53 Å². The molecule has 0 bridgehead atoms. The molecule has 2 heterocycles. The highest BCUT2D eigenvalue weighted by atomic mass is 16.5. The molecule has 0 spiro atoms. The molecule has 6 heteroatoms. The first-order valence-corrected chi connectivity index (χ1v) is 11.8. The van der Waals surface area contributed by atoms with Gasteiger partial charge in [0.2, 0.25) is 0 Å². The number of ether oxygens (including phenoxy) is 1. The summed E-state index contributed by atoms with van der Waals surface area (Å²) in [6.45, 7) is 6.14. The van der Waals surface area contributed by atoms with Crippen molar-refractivity contribution in [3.63, 3.8) is 0 Å². The molecule has 3 aromatic carbocycles. The maximum absolute atomic E-state index is 13.7. The minimum absolute atomic E-state index is 0.139. The fraction of sp³-hybridized carbons (Fsp3) is 0.207. The molecule has 0 aliphatic carbocycles. The molecule has 0 fully saturated rings. The Morgan fingerprint density at radius 3 is 2.46 bits per heavy atom. The number of fused-ring (bicyclic) bond motifs is 2.